The van der Waals surface area contributed by atoms with Crippen molar-refractivity contribution in [3.63, 3.8) is 0 Å². The molecule has 210 valence electrons. The molecule has 14 nitrogen and oxygen atoms in total. The Bertz CT molecular complexity index is 1940. The molecule has 1 unspecified atom stereocenters. The van der Waals surface area contributed by atoms with E-state index in [0.717, 1.165) is 0 Å². The first-order valence-electron chi connectivity index (χ1n) is 13.1. The molecule has 42 heavy (non-hydrogen) atoms. The average molecular weight is 564 g/mol. The van der Waals surface area contributed by atoms with Gasteiger partial charge in [-0.2, -0.15) is 0 Å². The summed E-state index contributed by atoms with van der Waals surface area (Å²) in [4.78, 5) is 55.0. The van der Waals surface area contributed by atoms with Gasteiger partial charge in [-0.05, 0) is 30.2 Å². The highest BCUT2D eigenvalue weighted by molar-refractivity contribution is 5.92. The number of rotatable bonds is 9. The molecule has 0 aliphatic rings. The van der Waals surface area contributed by atoms with Crippen LogP contribution in [0.1, 0.15) is 41.1 Å². The summed E-state index contributed by atoms with van der Waals surface area (Å²) in [6, 6.07) is 14.4. The van der Waals surface area contributed by atoms with Gasteiger partial charge < -0.3 is 15.6 Å². The number of benzene rings is 2. The van der Waals surface area contributed by atoms with Crippen molar-refractivity contribution in [3.8, 4) is 5.69 Å². The second-order valence-corrected chi connectivity index (χ2v) is 9.27. The van der Waals surface area contributed by atoms with Crippen LogP contribution in [0, 0.1) is 0 Å². The lowest BCUT2D eigenvalue weighted by molar-refractivity contribution is 0.0705. The number of H-pyrrole nitrogens is 1. The van der Waals surface area contributed by atoms with E-state index >= 15 is 0 Å². The van der Waals surface area contributed by atoms with Crippen molar-refractivity contribution in [1.29, 1.82) is 0 Å². The summed E-state index contributed by atoms with van der Waals surface area (Å²) in [7, 11) is 0. The van der Waals surface area contributed by atoms with E-state index in [1.807, 2.05) is 49.4 Å². The van der Waals surface area contributed by atoms with Crippen molar-refractivity contribution in [1.82, 2.24) is 44.9 Å². The molecule has 5 N–H and O–H groups in total. The predicted octanol–water partition coefficient (Wildman–Crippen LogP) is 3.14. The van der Waals surface area contributed by atoms with Crippen LogP contribution in [-0.4, -0.2) is 50.6 Å². The Hall–Kier alpha value is -5.76. The maximum Gasteiger partial charge on any atom is 0.277 e. The maximum absolute atomic E-state index is 14.3. The number of aromatic amines is 1. The Morgan fingerprint density at radius 3 is 2.60 bits per heavy atom. The molecule has 0 saturated heterocycles. The molecule has 0 aliphatic heterocycles. The van der Waals surface area contributed by atoms with E-state index in [4.69, 9.17) is 10.2 Å². The van der Waals surface area contributed by atoms with E-state index < -0.39 is 5.91 Å². The molecular weight excluding hydrogens is 538 g/mol. The van der Waals surface area contributed by atoms with Gasteiger partial charge >= 0.3 is 0 Å². The van der Waals surface area contributed by atoms with E-state index in [1.165, 1.54) is 18.7 Å². The van der Waals surface area contributed by atoms with Crippen LogP contribution < -0.4 is 21.7 Å². The Kier molecular flexibility index (Phi) is 7.17. The number of nitrogens with one attached hydrogen (secondary N) is 4. The monoisotopic (exact) mass is 563 g/mol. The van der Waals surface area contributed by atoms with Crippen LogP contribution in [-0.2, 0) is 6.54 Å². The Morgan fingerprint density at radius 2 is 1.83 bits per heavy atom. The molecule has 4 aromatic heterocycles. The number of hydrogen-bond acceptors (Lipinski definition) is 11. The van der Waals surface area contributed by atoms with E-state index in [9.17, 15) is 9.59 Å². The number of anilines is 2. The summed E-state index contributed by atoms with van der Waals surface area (Å²) in [6.45, 7) is 2.23. The molecule has 0 bridgehead atoms. The molecule has 0 aliphatic carbocycles. The van der Waals surface area contributed by atoms with Crippen LogP contribution in [0.4, 0.5) is 11.8 Å². The highest BCUT2D eigenvalue weighted by atomic mass is 16.5. The molecule has 1 amide bonds. The normalized spacial score (nSPS) is 11.9. The number of carbonyl (C=O) groups excluding carboxylic acids is 1. The highest BCUT2D eigenvalue weighted by Gasteiger charge is 2.23. The summed E-state index contributed by atoms with van der Waals surface area (Å²) in [5.74, 6) is 0.587. The topological polar surface area (TPSA) is 189 Å². The molecule has 0 radical (unpaired) electrons. The fourth-order valence-electron chi connectivity index (χ4n) is 4.68. The maximum atomic E-state index is 14.3. The third-order valence-corrected chi connectivity index (χ3v) is 6.72. The van der Waals surface area contributed by atoms with E-state index in [1.54, 1.807) is 22.4 Å². The van der Waals surface area contributed by atoms with Crippen molar-refractivity contribution in [2.24, 2.45) is 0 Å². The van der Waals surface area contributed by atoms with Crippen LogP contribution >= 0.6 is 0 Å². The first-order valence-corrected chi connectivity index (χ1v) is 13.1. The van der Waals surface area contributed by atoms with Crippen molar-refractivity contribution in [2.75, 3.05) is 10.6 Å². The van der Waals surface area contributed by atoms with Crippen molar-refractivity contribution >= 4 is 39.7 Å². The SMILES string of the molecule is CCC(Nc1ncnc2[nH]cnc12)c1nc2cccc(CNc3ncc(C(=O)NO)cn3)c2c(=O)n1-c1ccccc1. The van der Waals surface area contributed by atoms with Gasteiger partial charge in [-0.15, -0.1) is 0 Å². The van der Waals surface area contributed by atoms with Crippen LogP contribution in [0.15, 0.2) is 78.4 Å². The zero-order valence-corrected chi connectivity index (χ0v) is 22.3. The summed E-state index contributed by atoms with van der Waals surface area (Å²) >= 11 is 0. The van der Waals surface area contributed by atoms with Crippen LogP contribution in [0.2, 0.25) is 0 Å². The fourth-order valence-corrected chi connectivity index (χ4v) is 4.68. The molecule has 2 aromatic carbocycles. The number of aromatic nitrogens is 8. The van der Waals surface area contributed by atoms with Crippen molar-refractivity contribution in [3.05, 3.63) is 101 Å². The molecule has 0 spiro atoms. The summed E-state index contributed by atoms with van der Waals surface area (Å²) in [5, 5.41) is 15.8. The summed E-state index contributed by atoms with van der Waals surface area (Å²) in [5.41, 5.74) is 4.49. The zero-order chi connectivity index (χ0) is 29.1. The van der Waals surface area contributed by atoms with Gasteiger partial charge in [-0.1, -0.05) is 37.3 Å². The lowest BCUT2D eigenvalue weighted by Gasteiger charge is -2.22. The van der Waals surface area contributed by atoms with Crippen LogP contribution in [0.25, 0.3) is 27.8 Å². The van der Waals surface area contributed by atoms with Crippen molar-refractivity contribution < 1.29 is 10.0 Å². The van der Waals surface area contributed by atoms with Gasteiger partial charge in [0.15, 0.2) is 11.5 Å². The number of carbonyl (C=O) groups is 1. The molecule has 14 heteroatoms. The number of hydrogen-bond donors (Lipinski definition) is 5. The first kappa shape index (κ1) is 26.5. The van der Waals surface area contributed by atoms with Crippen LogP contribution in [0.5, 0.6) is 0 Å². The van der Waals surface area contributed by atoms with E-state index in [0.29, 0.717) is 51.4 Å². The number of hydroxylamine groups is 1. The Morgan fingerprint density at radius 1 is 1.02 bits per heavy atom. The number of fused-ring (bicyclic) bond motifs is 2. The highest BCUT2D eigenvalue weighted by Crippen LogP contribution is 2.27. The molecule has 6 aromatic rings. The lowest BCUT2D eigenvalue weighted by Crippen LogP contribution is -2.29. The minimum absolute atomic E-state index is 0.102. The number of imidazole rings is 1. The minimum Gasteiger partial charge on any atom is -0.358 e. The Labute approximate surface area is 237 Å². The first-order chi connectivity index (χ1) is 20.6. The van der Waals surface area contributed by atoms with Gasteiger partial charge in [0.1, 0.15) is 17.7 Å². The van der Waals surface area contributed by atoms with E-state index in [2.05, 4.69) is 40.5 Å². The third kappa shape index (κ3) is 4.97. The Balaban J connectivity index is 1.42. The van der Waals surface area contributed by atoms with Gasteiger partial charge in [0.25, 0.3) is 11.5 Å². The summed E-state index contributed by atoms with van der Waals surface area (Å²) < 4.78 is 1.62. The van der Waals surface area contributed by atoms with Gasteiger partial charge in [0, 0.05) is 18.9 Å². The molecular formula is C28H25N11O3. The second-order valence-electron chi connectivity index (χ2n) is 9.27. The predicted molar refractivity (Wildman–Crippen MR) is 154 cm³/mol. The molecule has 4 heterocycles. The molecule has 6 rings (SSSR count). The second kappa shape index (κ2) is 11.4. The van der Waals surface area contributed by atoms with Gasteiger partial charge in [-0.3, -0.25) is 19.4 Å². The average Bonchev–Trinajstić information content (AvgIpc) is 3.52. The quantitative estimate of drug-likeness (QED) is 0.128. The fraction of sp³-hybridized carbons (Fsp3) is 0.143. The summed E-state index contributed by atoms with van der Waals surface area (Å²) in [6.07, 6.45) is 6.18. The van der Waals surface area contributed by atoms with Gasteiger partial charge in [0.2, 0.25) is 5.95 Å². The molecule has 0 saturated carbocycles. The van der Waals surface area contributed by atoms with E-state index in [-0.39, 0.29) is 29.7 Å². The van der Waals surface area contributed by atoms with Crippen molar-refractivity contribution in [2.45, 2.75) is 25.9 Å². The van der Waals surface area contributed by atoms with Gasteiger partial charge in [-0.25, -0.2) is 35.4 Å². The zero-order valence-electron chi connectivity index (χ0n) is 22.3. The van der Waals surface area contributed by atoms with Gasteiger partial charge in [0.05, 0.1) is 34.5 Å². The molecule has 1 atom stereocenters. The smallest absolute Gasteiger partial charge is 0.277 e. The number of amides is 1. The number of nitrogens with zero attached hydrogens (tertiary/aromatic N) is 7. The largest absolute Gasteiger partial charge is 0.358 e. The third-order valence-electron chi connectivity index (χ3n) is 6.72. The van der Waals surface area contributed by atoms with Crippen LogP contribution in [0.3, 0.4) is 0 Å². The standard InChI is InChI=1S/C28H25N11O3/c1-2-19(36-24-22-23(33-14-32-22)34-15-35-24)25-37-20-10-6-7-16(11-29-28-30-12-17(13-31-28)26(40)38-42)21(20)27(41)39(25)18-8-4-3-5-9-18/h3-10,12-15,19,42H,2,11H2,1H3,(H,38,40)(H,29,30,31)(H2,32,33,34,35,36). The lowest BCUT2D eigenvalue weighted by atomic mass is 10.1. The number of para-hydroxylation sites is 1. The molecule has 0 fully saturated rings. The minimum atomic E-state index is -0.715.